The van der Waals surface area contributed by atoms with Crippen molar-refractivity contribution in [2.24, 2.45) is 5.92 Å². The van der Waals surface area contributed by atoms with E-state index in [1.54, 1.807) is 10.5 Å². The van der Waals surface area contributed by atoms with E-state index in [1.807, 2.05) is 55.6 Å². The number of pyridine rings is 1. The third-order valence-corrected chi connectivity index (χ3v) is 5.40. The molecular weight excluding hydrogens is 352 g/mol. The molecule has 0 atom stereocenters. The molecule has 1 fully saturated rings. The Morgan fingerprint density at radius 2 is 1.93 bits per heavy atom. The Morgan fingerprint density at radius 3 is 2.68 bits per heavy atom. The number of nitrogens with one attached hydrogen (secondary N) is 2. The van der Waals surface area contributed by atoms with Crippen molar-refractivity contribution >= 4 is 17.2 Å². The second-order valence-electron chi connectivity index (χ2n) is 7.58. The van der Waals surface area contributed by atoms with Gasteiger partial charge in [0.25, 0.3) is 5.56 Å². The summed E-state index contributed by atoms with van der Waals surface area (Å²) in [5.74, 6) is 0.143. The number of amides is 1. The van der Waals surface area contributed by atoms with Gasteiger partial charge >= 0.3 is 0 Å². The Bertz CT molecular complexity index is 1040. The van der Waals surface area contributed by atoms with Gasteiger partial charge in [-0.2, -0.15) is 0 Å². The number of aromatic nitrogens is 2. The highest BCUT2D eigenvalue weighted by molar-refractivity contribution is 5.92. The number of para-hydroxylation sites is 1. The molecule has 0 unspecified atom stereocenters. The van der Waals surface area contributed by atoms with E-state index in [4.69, 9.17) is 0 Å². The second-order valence-corrected chi connectivity index (χ2v) is 7.58. The molecule has 1 aliphatic heterocycles. The van der Waals surface area contributed by atoms with Crippen molar-refractivity contribution in [2.45, 2.75) is 26.3 Å². The Balaban J connectivity index is 1.37. The SMILES string of the molecule is Cc1ccc2nc(C[NH+]3CCC(C(=O)Nc4ccccc4)CC3)cc(=O)n2c1. The van der Waals surface area contributed by atoms with Gasteiger partial charge in [0, 0.05) is 36.7 Å². The molecule has 4 rings (SSSR count). The Hall–Kier alpha value is -2.99. The van der Waals surface area contributed by atoms with Crippen molar-refractivity contribution in [1.82, 2.24) is 9.38 Å². The Morgan fingerprint density at radius 1 is 1.18 bits per heavy atom. The first-order chi connectivity index (χ1) is 13.6. The number of carbonyl (C=O) groups is 1. The summed E-state index contributed by atoms with van der Waals surface area (Å²) >= 11 is 0. The molecule has 1 aromatic carbocycles. The van der Waals surface area contributed by atoms with Gasteiger partial charge in [-0.05, 0) is 30.7 Å². The normalized spacial score (nSPS) is 19.5. The molecular formula is C22H25N4O2+. The summed E-state index contributed by atoms with van der Waals surface area (Å²) in [4.78, 5) is 30.9. The van der Waals surface area contributed by atoms with Crippen molar-refractivity contribution in [2.75, 3.05) is 18.4 Å². The lowest BCUT2D eigenvalue weighted by molar-refractivity contribution is -0.919. The molecule has 28 heavy (non-hydrogen) atoms. The van der Waals surface area contributed by atoms with E-state index in [9.17, 15) is 9.59 Å². The number of rotatable bonds is 4. The van der Waals surface area contributed by atoms with Crippen LogP contribution in [-0.2, 0) is 11.3 Å². The smallest absolute Gasteiger partial charge is 0.258 e. The summed E-state index contributed by atoms with van der Waals surface area (Å²) in [6, 6.07) is 15.1. The number of nitrogens with zero attached hydrogens (tertiary/aromatic N) is 2. The molecule has 6 nitrogen and oxygen atoms in total. The number of piperidine rings is 1. The van der Waals surface area contributed by atoms with Gasteiger partial charge in [-0.1, -0.05) is 24.3 Å². The molecule has 2 aromatic heterocycles. The van der Waals surface area contributed by atoms with Crippen LogP contribution < -0.4 is 15.8 Å². The van der Waals surface area contributed by atoms with Gasteiger partial charge in [-0.3, -0.25) is 14.0 Å². The fraction of sp³-hybridized carbons (Fsp3) is 0.318. The van der Waals surface area contributed by atoms with Crippen molar-refractivity contribution in [3.63, 3.8) is 0 Å². The molecule has 3 aromatic rings. The van der Waals surface area contributed by atoms with Crippen molar-refractivity contribution in [3.05, 3.63) is 76.3 Å². The third kappa shape index (κ3) is 4.12. The van der Waals surface area contributed by atoms with Crippen LogP contribution in [0.5, 0.6) is 0 Å². The van der Waals surface area contributed by atoms with E-state index in [0.29, 0.717) is 12.2 Å². The molecule has 0 radical (unpaired) electrons. The van der Waals surface area contributed by atoms with Crippen molar-refractivity contribution in [3.8, 4) is 0 Å². The lowest BCUT2D eigenvalue weighted by atomic mass is 9.95. The molecule has 1 aliphatic rings. The van der Waals surface area contributed by atoms with Gasteiger partial charge in [0.05, 0.1) is 13.1 Å². The standard InChI is InChI=1S/C22H24N4O2/c1-16-7-8-20-23-19(13-21(27)26(20)14-16)15-25-11-9-17(10-12-25)22(28)24-18-5-3-2-4-6-18/h2-8,13-14,17H,9-12,15H2,1H3,(H,24,28)/p+1. The average molecular weight is 377 g/mol. The number of carbonyl (C=O) groups excluding carboxylic acids is 1. The maximum atomic E-state index is 12.5. The predicted molar refractivity (Wildman–Crippen MR) is 108 cm³/mol. The summed E-state index contributed by atoms with van der Waals surface area (Å²) in [7, 11) is 0. The average Bonchev–Trinajstić information content (AvgIpc) is 2.70. The lowest BCUT2D eigenvalue weighted by Crippen LogP contribution is -3.11. The highest BCUT2D eigenvalue weighted by atomic mass is 16.2. The maximum absolute atomic E-state index is 12.5. The number of anilines is 1. The Labute approximate surface area is 163 Å². The fourth-order valence-corrected chi connectivity index (χ4v) is 3.84. The Kier molecular flexibility index (Phi) is 5.21. The number of hydrogen-bond donors (Lipinski definition) is 2. The van der Waals surface area contributed by atoms with E-state index in [2.05, 4.69) is 10.3 Å². The second kappa shape index (κ2) is 7.94. The van der Waals surface area contributed by atoms with E-state index in [0.717, 1.165) is 42.9 Å². The van der Waals surface area contributed by atoms with Crippen LogP contribution in [0.4, 0.5) is 5.69 Å². The van der Waals surface area contributed by atoms with E-state index >= 15 is 0 Å². The molecule has 1 amide bonds. The topological polar surface area (TPSA) is 67.9 Å². The number of likely N-dealkylation sites (tertiary alicyclic amines) is 1. The van der Waals surface area contributed by atoms with Gasteiger partial charge < -0.3 is 10.2 Å². The third-order valence-electron chi connectivity index (χ3n) is 5.40. The number of aryl methyl sites for hydroxylation is 1. The van der Waals surface area contributed by atoms with Crippen molar-refractivity contribution in [1.29, 1.82) is 0 Å². The van der Waals surface area contributed by atoms with Crippen LogP contribution >= 0.6 is 0 Å². The monoisotopic (exact) mass is 377 g/mol. The van der Waals surface area contributed by atoms with Crippen LogP contribution in [0.1, 0.15) is 24.1 Å². The zero-order chi connectivity index (χ0) is 19.5. The van der Waals surface area contributed by atoms with Crippen LogP contribution in [0, 0.1) is 12.8 Å². The minimum absolute atomic E-state index is 0.0415. The van der Waals surface area contributed by atoms with Gasteiger partial charge in [-0.15, -0.1) is 0 Å². The van der Waals surface area contributed by atoms with Crippen LogP contribution in [0.15, 0.2) is 59.5 Å². The quantitative estimate of drug-likeness (QED) is 0.723. The van der Waals surface area contributed by atoms with Crippen molar-refractivity contribution < 1.29 is 9.69 Å². The van der Waals surface area contributed by atoms with Gasteiger partial charge in [0.2, 0.25) is 5.91 Å². The number of quaternary nitrogens is 1. The lowest BCUT2D eigenvalue weighted by Gasteiger charge is -2.28. The molecule has 0 bridgehead atoms. The summed E-state index contributed by atoms with van der Waals surface area (Å²) in [6.07, 6.45) is 3.51. The minimum atomic E-state index is -0.0415. The zero-order valence-corrected chi connectivity index (χ0v) is 16.0. The summed E-state index contributed by atoms with van der Waals surface area (Å²) in [5, 5.41) is 3.00. The fourth-order valence-electron chi connectivity index (χ4n) is 3.84. The molecule has 2 N–H and O–H groups in total. The van der Waals surface area contributed by atoms with E-state index in [-0.39, 0.29) is 17.4 Å². The highest BCUT2D eigenvalue weighted by Gasteiger charge is 2.27. The molecule has 0 aliphatic carbocycles. The number of benzene rings is 1. The van der Waals surface area contributed by atoms with Crippen LogP contribution in [0.25, 0.3) is 5.65 Å². The number of hydrogen-bond acceptors (Lipinski definition) is 3. The largest absolute Gasteiger partial charge is 0.330 e. The summed E-state index contributed by atoms with van der Waals surface area (Å²) in [6.45, 7) is 4.48. The number of fused-ring (bicyclic) bond motifs is 1. The first-order valence-electron chi connectivity index (χ1n) is 9.77. The molecule has 144 valence electrons. The minimum Gasteiger partial charge on any atom is -0.330 e. The van der Waals surface area contributed by atoms with E-state index < -0.39 is 0 Å². The summed E-state index contributed by atoms with van der Waals surface area (Å²) in [5.41, 5.74) is 3.34. The molecule has 0 saturated carbocycles. The van der Waals surface area contributed by atoms with E-state index in [1.165, 1.54) is 4.90 Å². The first-order valence-corrected chi connectivity index (χ1v) is 9.77. The molecule has 0 spiro atoms. The predicted octanol–water partition coefficient (Wildman–Crippen LogP) is 1.44. The molecule has 1 saturated heterocycles. The van der Waals surface area contributed by atoms with Crippen LogP contribution in [0.2, 0.25) is 0 Å². The maximum Gasteiger partial charge on any atom is 0.258 e. The summed E-state index contributed by atoms with van der Waals surface area (Å²) < 4.78 is 1.59. The zero-order valence-electron chi connectivity index (χ0n) is 16.0. The van der Waals surface area contributed by atoms with Gasteiger partial charge in [0.1, 0.15) is 17.9 Å². The molecule has 3 heterocycles. The highest BCUT2D eigenvalue weighted by Crippen LogP contribution is 2.14. The van der Waals surface area contributed by atoms with Gasteiger partial charge in [-0.25, -0.2) is 4.98 Å². The van der Waals surface area contributed by atoms with Crippen LogP contribution in [0.3, 0.4) is 0 Å². The first kappa shape index (κ1) is 18.4. The van der Waals surface area contributed by atoms with Crippen LogP contribution in [-0.4, -0.2) is 28.4 Å². The molecule has 6 heteroatoms. The van der Waals surface area contributed by atoms with Gasteiger partial charge in [0.15, 0.2) is 0 Å².